The lowest BCUT2D eigenvalue weighted by molar-refractivity contribution is -0.133. The van der Waals surface area contributed by atoms with E-state index in [9.17, 15) is 9.59 Å². The zero-order valence-electron chi connectivity index (χ0n) is 14.6. The van der Waals surface area contributed by atoms with Gasteiger partial charge < -0.3 is 13.9 Å². The van der Waals surface area contributed by atoms with Gasteiger partial charge in [0, 0.05) is 25.7 Å². The molecule has 0 unspecified atom stereocenters. The van der Waals surface area contributed by atoms with Gasteiger partial charge in [-0.1, -0.05) is 0 Å². The Morgan fingerprint density at radius 2 is 2.04 bits per heavy atom. The minimum Gasteiger partial charge on any atom is -0.459 e. The van der Waals surface area contributed by atoms with E-state index in [0.717, 1.165) is 43.6 Å². The van der Waals surface area contributed by atoms with E-state index in [1.165, 1.54) is 4.68 Å². The Morgan fingerprint density at radius 3 is 2.76 bits per heavy atom. The Labute approximate surface area is 144 Å². The van der Waals surface area contributed by atoms with Gasteiger partial charge in [0.25, 0.3) is 5.56 Å². The number of carbonyl (C=O) groups excluding carboxylic acids is 1. The summed E-state index contributed by atoms with van der Waals surface area (Å²) < 4.78 is 8.96. The SMILES string of the molecule is CCn1c2cc(C)oc2c2cnn(CC(=O)N3CCCCC3)c(=O)c21. The Hall–Kier alpha value is -2.57. The smallest absolute Gasteiger partial charge is 0.291 e. The minimum atomic E-state index is -0.242. The number of furan rings is 1. The molecular weight excluding hydrogens is 320 g/mol. The second kappa shape index (κ2) is 6.06. The van der Waals surface area contributed by atoms with Crippen LogP contribution in [0.25, 0.3) is 22.0 Å². The van der Waals surface area contributed by atoms with Crippen molar-refractivity contribution in [2.24, 2.45) is 0 Å². The predicted molar refractivity (Wildman–Crippen MR) is 94.6 cm³/mol. The molecule has 0 spiro atoms. The first-order chi connectivity index (χ1) is 12.1. The van der Waals surface area contributed by atoms with Gasteiger partial charge in [-0.3, -0.25) is 9.59 Å². The summed E-state index contributed by atoms with van der Waals surface area (Å²) >= 11 is 0. The summed E-state index contributed by atoms with van der Waals surface area (Å²) in [4.78, 5) is 27.3. The highest BCUT2D eigenvalue weighted by Crippen LogP contribution is 2.29. The summed E-state index contributed by atoms with van der Waals surface area (Å²) in [6.07, 6.45) is 4.86. The second-order valence-electron chi connectivity index (χ2n) is 6.63. The molecule has 1 saturated heterocycles. The average molecular weight is 342 g/mol. The van der Waals surface area contributed by atoms with Crippen molar-refractivity contribution in [2.75, 3.05) is 13.1 Å². The Morgan fingerprint density at radius 1 is 1.28 bits per heavy atom. The van der Waals surface area contributed by atoms with E-state index in [1.807, 2.05) is 29.4 Å². The molecule has 0 radical (unpaired) electrons. The van der Waals surface area contributed by atoms with Crippen LogP contribution in [0.1, 0.15) is 31.9 Å². The highest BCUT2D eigenvalue weighted by atomic mass is 16.3. The number of amides is 1. The van der Waals surface area contributed by atoms with E-state index in [0.29, 0.717) is 23.0 Å². The average Bonchev–Trinajstić information content (AvgIpc) is 3.13. The molecule has 25 heavy (non-hydrogen) atoms. The normalized spacial score (nSPS) is 15.4. The Bertz CT molecular complexity index is 1000. The number of aryl methyl sites for hydroxylation is 2. The number of piperidine rings is 1. The highest BCUT2D eigenvalue weighted by molar-refractivity contribution is 6.04. The number of fused-ring (bicyclic) bond motifs is 3. The summed E-state index contributed by atoms with van der Waals surface area (Å²) in [6.45, 7) is 6.06. The molecule has 4 heterocycles. The monoisotopic (exact) mass is 342 g/mol. The van der Waals surface area contributed by atoms with Gasteiger partial charge in [-0.15, -0.1) is 0 Å². The van der Waals surface area contributed by atoms with Crippen LogP contribution in [0, 0.1) is 6.92 Å². The zero-order valence-corrected chi connectivity index (χ0v) is 14.6. The molecule has 4 rings (SSSR count). The van der Waals surface area contributed by atoms with Crippen LogP contribution in [0.4, 0.5) is 0 Å². The fourth-order valence-electron chi connectivity index (χ4n) is 3.73. The van der Waals surface area contributed by atoms with Crippen molar-refractivity contribution in [1.29, 1.82) is 0 Å². The lowest BCUT2D eigenvalue weighted by Crippen LogP contribution is -2.40. The number of carbonyl (C=O) groups is 1. The lowest BCUT2D eigenvalue weighted by atomic mass is 10.1. The third-order valence-corrected chi connectivity index (χ3v) is 4.97. The van der Waals surface area contributed by atoms with Gasteiger partial charge in [-0.25, -0.2) is 4.68 Å². The van der Waals surface area contributed by atoms with Crippen molar-refractivity contribution in [3.63, 3.8) is 0 Å². The zero-order chi connectivity index (χ0) is 17.6. The summed E-state index contributed by atoms with van der Waals surface area (Å²) in [5.41, 5.74) is 1.90. The molecular formula is C18H22N4O3. The van der Waals surface area contributed by atoms with Crippen LogP contribution in [0.2, 0.25) is 0 Å². The summed E-state index contributed by atoms with van der Waals surface area (Å²) in [5, 5.41) is 4.94. The molecule has 7 nitrogen and oxygen atoms in total. The van der Waals surface area contributed by atoms with Crippen LogP contribution in [0.5, 0.6) is 0 Å². The molecule has 0 saturated carbocycles. The van der Waals surface area contributed by atoms with Gasteiger partial charge in [-0.05, 0) is 33.1 Å². The number of likely N-dealkylation sites (tertiary alicyclic amines) is 1. The van der Waals surface area contributed by atoms with Crippen LogP contribution >= 0.6 is 0 Å². The van der Waals surface area contributed by atoms with E-state index >= 15 is 0 Å². The molecule has 0 aromatic carbocycles. The maximum atomic E-state index is 12.9. The van der Waals surface area contributed by atoms with Gasteiger partial charge in [-0.2, -0.15) is 5.10 Å². The van der Waals surface area contributed by atoms with Crippen LogP contribution < -0.4 is 5.56 Å². The first-order valence-corrected chi connectivity index (χ1v) is 8.86. The second-order valence-corrected chi connectivity index (χ2v) is 6.63. The minimum absolute atomic E-state index is 0.00986. The number of hydrogen-bond acceptors (Lipinski definition) is 4. The van der Waals surface area contributed by atoms with Crippen LogP contribution in [-0.4, -0.2) is 38.2 Å². The third kappa shape index (κ3) is 2.54. The van der Waals surface area contributed by atoms with Crippen molar-refractivity contribution in [2.45, 2.75) is 46.2 Å². The molecule has 132 valence electrons. The first kappa shape index (κ1) is 15.9. The van der Waals surface area contributed by atoms with Crippen molar-refractivity contribution in [1.82, 2.24) is 19.2 Å². The quantitative estimate of drug-likeness (QED) is 0.732. The van der Waals surface area contributed by atoms with Gasteiger partial charge in [0.15, 0.2) is 5.58 Å². The molecule has 0 N–H and O–H groups in total. The summed E-state index contributed by atoms with van der Waals surface area (Å²) in [7, 11) is 0. The van der Waals surface area contributed by atoms with E-state index in [2.05, 4.69) is 5.10 Å². The largest absolute Gasteiger partial charge is 0.459 e. The maximum Gasteiger partial charge on any atom is 0.291 e. The van der Waals surface area contributed by atoms with Crippen LogP contribution in [0.15, 0.2) is 21.5 Å². The van der Waals surface area contributed by atoms with Crippen molar-refractivity contribution >= 4 is 27.9 Å². The number of hydrogen-bond donors (Lipinski definition) is 0. The van der Waals surface area contributed by atoms with E-state index in [4.69, 9.17) is 4.42 Å². The molecule has 0 bridgehead atoms. The van der Waals surface area contributed by atoms with Crippen molar-refractivity contribution in [3.8, 4) is 0 Å². The van der Waals surface area contributed by atoms with Crippen molar-refractivity contribution < 1.29 is 9.21 Å². The highest BCUT2D eigenvalue weighted by Gasteiger charge is 2.21. The fourth-order valence-corrected chi connectivity index (χ4v) is 3.73. The van der Waals surface area contributed by atoms with Gasteiger partial charge in [0.1, 0.15) is 17.8 Å². The topological polar surface area (TPSA) is 73.3 Å². The standard InChI is InChI=1S/C18H22N4O3/c1-3-21-14-9-12(2)25-17(14)13-10-19-22(18(24)16(13)21)11-15(23)20-7-5-4-6-8-20/h9-10H,3-8,11H2,1-2H3. The predicted octanol–water partition coefficient (Wildman–Crippen LogP) is 2.29. The van der Waals surface area contributed by atoms with E-state index < -0.39 is 0 Å². The number of nitrogens with zero attached hydrogens (tertiary/aromatic N) is 4. The number of rotatable bonds is 3. The fraction of sp³-hybridized carbons (Fsp3) is 0.500. The number of aromatic nitrogens is 3. The van der Waals surface area contributed by atoms with E-state index in [-0.39, 0.29) is 18.0 Å². The van der Waals surface area contributed by atoms with Crippen molar-refractivity contribution in [3.05, 3.63) is 28.4 Å². The molecule has 3 aromatic rings. The van der Waals surface area contributed by atoms with Gasteiger partial charge >= 0.3 is 0 Å². The summed E-state index contributed by atoms with van der Waals surface area (Å²) in [6, 6.07) is 1.93. The molecule has 1 amide bonds. The van der Waals surface area contributed by atoms with Crippen LogP contribution in [-0.2, 0) is 17.9 Å². The lowest BCUT2D eigenvalue weighted by Gasteiger charge is -2.26. The molecule has 1 aliphatic heterocycles. The molecule has 7 heteroatoms. The third-order valence-electron chi connectivity index (χ3n) is 4.97. The Kier molecular flexibility index (Phi) is 3.86. The maximum absolute atomic E-state index is 12.9. The van der Waals surface area contributed by atoms with Crippen LogP contribution in [0.3, 0.4) is 0 Å². The Balaban J connectivity index is 1.77. The molecule has 1 fully saturated rings. The molecule has 3 aromatic heterocycles. The van der Waals surface area contributed by atoms with E-state index in [1.54, 1.807) is 6.20 Å². The first-order valence-electron chi connectivity index (χ1n) is 8.86. The summed E-state index contributed by atoms with van der Waals surface area (Å²) in [5.74, 6) is 0.765. The van der Waals surface area contributed by atoms with Gasteiger partial charge in [0.2, 0.25) is 5.91 Å². The molecule has 1 aliphatic rings. The molecule has 0 atom stereocenters. The van der Waals surface area contributed by atoms with Gasteiger partial charge in [0.05, 0.1) is 17.1 Å². The molecule has 0 aliphatic carbocycles.